The average Bonchev–Trinajstić information content (AvgIpc) is 2.87. The Morgan fingerprint density at radius 2 is 1.26 bits per heavy atom. The molecule has 0 spiro atoms. The van der Waals surface area contributed by atoms with Crippen LogP contribution in [0.3, 0.4) is 0 Å². The summed E-state index contributed by atoms with van der Waals surface area (Å²) in [4.78, 5) is 28.7. The van der Waals surface area contributed by atoms with E-state index in [1.54, 1.807) is 4.90 Å². The summed E-state index contributed by atoms with van der Waals surface area (Å²) < 4.78 is 0. The van der Waals surface area contributed by atoms with Gasteiger partial charge in [0, 0.05) is 17.9 Å². The number of nitrogens with zero attached hydrogens (tertiary/aromatic N) is 1. The van der Waals surface area contributed by atoms with Crippen molar-refractivity contribution in [1.29, 1.82) is 0 Å². The summed E-state index contributed by atoms with van der Waals surface area (Å²) in [5.74, 6) is 0.789. The third-order valence-electron chi connectivity index (χ3n) is 6.43. The van der Waals surface area contributed by atoms with Gasteiger partial charge in [-0.05, 0) is 30.0 Å². The second-order valence-corrected chi connectivity index (χ2v) is 10.9. The Kier molecular flexibility index (Phi) is 14.5. The van der Waals surface area contributed by atoms with Gasteiger partial charge in [-0.3, -0.25) is 9.59 Å². The fourth-order valence-corrected chi connectivity index (χ4v) is 5.55. The molecule has 1 atom stereocenters. The standard InChI is InChI=1S/C31H45NO2S/c1-4-5-6-7-8-9-10-11-12-19-24-35-31(34)29(26(2)3)32(25-27-20-15-13-16-21-27)30(33)28-22-17-14-18-23-28/h13-18,20-23,26,29H,4-12,19,24-25H2,1-3H3. The molecule has 3 nitrogen and oxygen atoms in total. The summed E-state index contributed by atoms with van der Waals surface area (Å²) in [6.45, 7) is 6.77. The molecule has 4 heteroatoms. The minimum Gasteiger partial charge on any atom is -0.323 e. The monoisotopic (exact) mass is 495 g/mol. The molecule has 0 aliphatic rings. The molecule has 1 amide bonds. The Morgan fingerprint density at radius 3 is 1.80 bits per heavy atom. The SMILES string of the molecule is CCCCCCCCCCCCSC(=O)C(C(C)C)N(Cc1ccccc1)C(=O)c1ccccc1. The van der Waals surface area contributed by atoms with Crippen molar-refractivity contribution in [2.24, 2.45) is 5.92 Å². The summed E-state index contributed by atoms with van der Waals surface area (Å²) in [6, 6.07) is 18.8. The third kappa shape index (κ3) is 11.0. The smallest absolute Gasteiger partial charge is 0.254 e. The minimum absolute atomic E-state index is 0.0408. The van der Waals surface area contributed by atoms with Crippen molar-refractivity contribution in [3.05, 3.63) is 71.8 Å². The zero-order valence-electron chi connectivity index (χ0n) is 22.1. The van der Waals surface area contributed by atoms with E-state index in [1.807, 2.05) is 74.5 Å². The largest absolute Gasteiger partial charge is 0.323 e. The number of thioether (sulfide) groups is 1. The van der Waals surface area contributed by atoms with Crippen molar-refractivity contribution in [3.8, 4) is 0 Å². The molecule has 2 rings (SSSR count). The van der Waals surface area contributed by atoms with Gasteiger partial charge in [0.2, 0.25) is 5.12 Å². The highest BCUT2D eigenvalue weighted by Crippen LogP contribution is 2.24. The van der Waals surface area contributed by atoms with Crippen LogP contribution in [0.25, 0.3) is 0 Å². The molecule has 0 aliphatic heterocycles. The van der Waals surface area contributed by atoms with E-state index in [2.05, 4.69) is 6.92 Å². The second kappa shape index (κ2) is 17.4. The molecule has 1 unspecified atom stereocenters. The predicted octanol–water partition coefficient (Wildman–Crippen LogP) is 8.53. The van der Waals surface area contributed by atoms with Gasteiger partial charge in [0.05, 0.1) is 0 Å². The maximum atomic E-state index is 13.5. The topological polar surface area (TPSA) is 37.4 Å². The maximum Gasteiger partial charge on any atom is 0.254 e. The van der Waals surface area contributed by atoms with Crippen LogP contribution >= 0.6 is 11.8 Å². The Hall–Kier alpha value is -2.07. The molecule has 0 fully saturated rings. The first-order valence-corrected chi connectivity index (χ1v) is 14.6. The van der Waals surface area contributed by atoms with Gasteiger partial charge in [-0.15, -0.1) is 0 Å². The molecular formula is C31H45NO2S. The van der Waals surface area contributed by atoms with Crippen LogP contribution in [0.5, 0.6) is 0 Å². The summed E-state index contributed by atoms with van der Waals surface area (Å²) in [7, 11) is 0. The molecule has 192 valence electrons. The maximum absolute atomic E-state index is 13.5. The Labute approximate surface area is 218 Å². The van der Waals surface area contributed by atoms with Crippen molar-refractivity contribution in [2.45, 2.75) is 97.6 Å². The highest BCUT2D eigenvalue weighted by Gasteiger charge is 2.33. The lowest BCUT2D eigenvalue weighted by Gasteiger charge is -2.33. The van der Waals surface area contributed by atoms with Gasteiger partial charge in [-0.25, -0.2) is 0 Å². The van der Waals surface area contributed by atoms with Gasteiger partial charge >= 0.3 is 0 Å². The molecule has 2 aromatic carbocycles. The van der Waals surface area contributed by atoms with Crippen molar-refractivity contribution in [3.63, 3.8) is 0 Å². The van der Waals surface area contributed by atoms with Gasteiger partial charge in [-0.2, -0.15) is 0 Å². The summed E-state index contributed by atoms with van der Waals surface area (Å²) >= 11 is 1.41. The number of amides is 1. The Balaban J connectivity index is 1.90. The third-order valence-corrected chi connectivity index (χ3v) is 7.45. The molecule has 2 aromatic rings. The molecule has 0 heterocycles. The number of hydrogen-bond acceptors (Lipinski definition) is 3. The lowest BCUT2D eigenvalue weighted by Crippen LogP contribution is -2.47. The molecular weight excluding hydrogens is 450 g/mol. The van der Waals surface area contributed by atoms with Gasteiger partial charge < -0.3 is 4.90 Å². The molecule has 0 aliphatic carbocycles. The highest BCUT2D eigenvalue weighted by molar-refractivity contribution is 8.13. The van der Waals surface area contributed by atoms with E-state index in [4.69, 9.17) is 0 Å². The van der Waals surface area contributed by atoms with E-state index in [-0.39, 0.29) is 16.9 Å². The lowest BCUT2D eigenvalue weighted by molar-refractivity contribution is -0.116. The quantitative estimate of drug-likeness (QED) is 0.206. The number of carbonyl (C=O) groups excluding carboxylic acids is 2. The molecule has 0 N–H and O–H groups in total. The van der Waals surface area contributed by atoms with Gasteiger partial charge in [0.1, 0.15) is 6.04 Å². The molecule has 0 saturated carbocycles. The highest BCUT2D eigenvalue weighted by atomic mass is 32.2. The van der Waals surface area contributed by atoms with E-state index in [0.717, 1.165) is 17.7 Å². The second-order valence-electron chi connectivity index (χ2n) is 9.82. The van der Waals surface area contributed by atoms with E-state index < -0.39 is 6.04 Å². The number of rotatable bonds is 17. The van der Waals surface area contributed by atoms with Gasteiger partial charge in [-0.1, -0.05) is 139 Å². The van der Waals surface area contributed by atoms with Crippen molar-refractivity contribution >= 4 is 22.8 Å². The lowest BCUT2D eigenvalue weighted by atomic mass is 10.0. The van der Waals surface area contributed by atoms with E-state index in [0.29, 0.717) is 12.1 Å². The van der Waals surface area contributed by atoms with Crippen LogP contribution in [0, 0.1) is 5.92 Å². The first kappa shape index (κ1) is 29.2. The van der Waals surface area contributed by atoms with Crippen LogP contribution in [0.2, 0.25) is 0 Å². The van der Waals surface area contributed by atoms with Crippen LogP contribution in [0.1, 0.15) is 101 Å². The average molecular weight is 496 g/mol. The van der Waals surface area contributed by atoms with Gasteiger partial charge in [0.25, 0.3) is 5.91 Å². The molecule has 0 aromatic heterocycles. The summed E-state index contributed by atoms with van der Waals surface area (Å²) in [5.41, 5.74) is 1.66. The van der Waals surface area contributed by atoms with E-state index in [9.17, 15) is 9.59 Å². The number of carbonyl (C=O) groups is 2. The predicted molar refractivity (Wildman–Crippen MR) is 151 cm³/mol. The first-order chi connectivity index (χ1) is 17.0. The minimum atomic E-state index is -0.448. The Morgan fingerprint density at radius 1 is 0.743 bits per heavy atom. The molecule has 0 saturated heterocycles. The van der Waals surface area contributed by atoms with Crippen LogP contribution in [-0.4, -0.2) is 27.7 Å². The zero-order valence-corrected chi connectivity index (χ0v) is 22.9. The number of benzene rings is 2. The molecule has 0 bridgehead atoms. The zero-order chi connectivity index (χ0) is 25.3. The van der Waals surface area contributed by atoms with E-state index in [1.165, 1.54) is 69.5 Å². The van der Waals surface area contributed by atoms with Gasteiger partial charge in [0.15, 0.2) is 0 Å². The first-order valence-electron chi connectivity index (χ1n) is 13.6. The molecule has 35 heavy (non-hydrogen) atoms. The summed E-state index contributed by atoms with van der Waals surface area (Å²) in [6.07, 6.45) is 12.9. The van der Waals surface area contributed by atoms with Crippen LogP contribution in [0.4, 0.5) is 0 Å². The van der Waals surface area contributed by atoms with Crippen LogP contribution < -0.4 is 0 Å². The summed E-state index contributed by atoms with van der Waals surface area (Å²) in [5, 5.41) is 0.108. The van der Waals surface area contributed by atoms with Crippen LogP contribution in [-0.2, 0) is 11.3 Å². The van der Waals surface area contributed by atoms with Crippen molar-refractivity contribution < 1.29 is 9.59 Å². The van der Waals surface area contributed by atoms with Crippen molar-refractivity contribution in [1.82, 2.24) is 4.90 Å². The van der Waals surface area contributed by atoms with E-state index >= 15 is 0 Å². The van der Waals surface area contributed by atoms with Crippen molar-refractivity contribution in [2.75, 3.05) is 5.75 Å². The normalized spacial score (nSPS) is 12.0. The number of hydrogen-bond donors (Lipinski definition) is 0. The fourth-order valence-electron chi connectivity index (χ4n) is 4.43. The number of unbranched alkanes of at least 4 members (excludes halogenated alkanes) is 9. The van der Waals surface area contributed by atoms with Crippen LogP contribution in [0.15, 0.2) is 60.7 Å². The fraction of sp³-hybridized carbons (Fsp3) is 0.548. The Bertz CT molecular complexity index is 838. The molecule has 0 radical (unpaired) electrons.